The van der Waals surface area contributed by atoms with Crippen LogP contribution in [0.4, 0.5) is 17.1 Å². The van der Waals surface area contributed by atoms with E-state index in [1.807, 2.05) is 22.7 Å². The number of furan rings is 1. The molecular weight excluding hydrogens is 743 g/mol. The van der Waals surface area contributed by atoms with Crippen molar-refractivity contribution in [3.05, 3.63) is 200 Å². The lowest BCUT2D eigenvalue weighted by atomic mass is 9.94. The molecule has 3 aromatic heterocycles. The first-order valence-electron chi connectivity index (χ1n) is 19.6. The Balaban J connectivity index is 1.18. The van der Waals surface area contributed by atoms with E-state index in [9.17, 15) is 0 Å². The van der Waals surface area contributed by atoms with Crippen LogP contribution in [0.15, 0.2) is 205 Å². The van der Waals surface area contributed by atoms with Gasteiger partial charge in [0.15, 0.2) is 0 Å². The van der Waals surface area contributed by atoms with Crippen molar-refractivity contribution >= 4 is 102 Å². The highest BCUT2D eigenvalue weighted by atomic mass is 32.1. The van der Waals surface area contributed by atoms with Crippen molar-refractivity contribution in [3.63, 3.8) is 0 Å². The normalized spacial score (nSPS) is 11.8. The Hall–Kier alpha value is -6.98. The van der Waals surface area contributed by atoms with E-state index in [4.69, 9.17) is 4.42 Å². The van der Waals surface area contributed by atoms with E-state index in [1.165, 1.54) is 62.6 Å². The number of benzene rings is 9. The van der Waals surface area contributed by atoms with Gasteiger partial charge < -0.3 is 9.32 Å². The molecule has 0 fully saturated rings. The average Bonchev–Trinajstić information content (AvgIpc) is 3.99. The maximum atomic E-state index is 6.85. The third-order valence-electron chi connectivity index (χ3n) is 11.5. The molecule has 0 unspecified atom stereocenters. The molecule has 4 heteroatoms. The lowest BCUT2D eigenvalue weighted by Crippen LogP contribution is -2.11. The van der Waals surface area contributed by atoms with Crippen LogP contribution in [0.2, 0.25) is 0 Å². The second-order valence-corrected chi connectivity index (χ2v) is 17.0. The predicted octanol–water partition coefficient (Wildman–Crippen LogP) is 16.8. The van der Waals surface area contributed by atoms with Crippen molar-refractivity contribution in [1.82, 2.24) is 0 Å². The lowest BCUT2D eigenvalue weighted by molar-refractivity contribution is 0.670. The largest absolute Gasteiger partial charge is 0.455 e. The highest BCUT2D eigenvalue weighted by Crippen LogP contribution is 2.51. The van der Waals surface area contributed by atoms with E-state index < -0.39 is 0 Å². The minimum Gasteiger partial charge on any atom is -0.455 e. The molecule has 0 atom stereocenters. The zero-order valence-corrected chi connectivity index (χ0v) is 32.9. The van der Waals surface area contributed by atoms with Crippen LogP contribution in [0.25, 0.3) is 95.7 Å². The van der Waals surface area contributed by atoms with Crippen LogP contribution in [0, 0.1) is 0 Å². The van der Waals surface area contributed by atoms with Crippen molar-refractivity contribution in [2.24, 2.45) is 0 Å². The minimum atomic E-state index is 0.877. The molecule has 0 aliphatic carbocycles. The van der Waals surface area contributed by atoms with Crippen LogP contribution in [0.5, 0.6) is 0 Å². The number of hydrogen-bond donors (Lipinski definition) is 0. The van der Waals surface area contributed by atoms with Gasteiger partial charge in [0.25, 0.3) is 0 Å². The number of hydrogen-bond acceptors (Lipinski definition) is 4. The van der Waals surface area contributed by atoms with Crippen LogP contribution in [0.1, 0.15) is 0 Å². The molecule has 0 saturated carbocycles. The molecule has 0 aliphatic rings. The molecule has 0 aliphatic heterocycles. The summed E-state index contributed by atoms with van der Waals surface area (Å²) in [7, 11) is 0. The van der Waals surface area contributed by atoms with Gasteiger partial charge in [0.2, 0.25) is 0 Å². The van der Waals surface area contributed by atoms with E-state index in [2.05, 4.69) is 205 Å². The van der Waals surface area contributed by atoms with E-state index in [1.54, 1.807) is 0 Å². The molecule has 0 spiro atoms. The van der Waals surface area contributed by atoms with E-state index >= 15 is 0 Å². The van der Waals surface area contributed by atoms with E-state index in [-0.39, 0.29) is 0 Å². The van der Waals surface area contributed by atoms with Gasteiger partial charge in [-0.25, -0.2) is 0 Å². The summed E-state index contributed by atoms with van der Waals surface area (Å²) in [5.41, 5.74) is 12.2. The summed E-state index contributed by atoms with van der Waals surface area (Å²) in [4.78, 5) is 2.49. The highest BCUT2D eigenvalue weighted by molar-refractivity contribution is 7.26. The van der Waals surface area contributed by atoms with Gasteiger partial charge in [-0.2, -0.15) is 0 Å². The first kappa shape index (κ1) is 33.2. The molecule has 0 bridgehead atoms. The first-order chi connectivity index (χ1) is 28.8. The summed E-state index contributed by atoms with van der Waals surface area (Å²) in [6.07, 6.45) is 0. The SMILES string of the molecule is c1ccc(-c2cc(-c3ccccc3)c3c(c2)sc2ccc(N(c4cccc5sc6ccccc6c45)c4ccc(-c5ccccc5)c5oc6ccccc6c45)cc23)cc1. The van der Waals surface area contributed by atoms with Crippen molar-refractivity contribution in [2.45, 2.75) is 0 Å². The molecule has 0 N–H and O–H groups in total. The molecule has 2 nitrogen and oxygen atoms in total. The van der Waals surface area contributed by atoms with Crippen molar-refractivity contribution in [3.8, 4) is 33.4 Å². The Morgan fingerprint density at radius 2 is 0.966 bits per heavy atom. The summed E-state index contributed by atoms with van der Waals surface area (Å²) in [5.74, 6) is 0. The van der Waals surface area contributed by atoms with Crippen LogP contribution in [-0.2, 0) is 0 Å². The third-order valence-corrected chi connectivity index (χ3v) is 13.7. The number of anilines is 3. The fourth-order valence-corrected chi connectivity index (χ4v) is 11.1. The van der Waals surface area contributed by atoms with Crippen LogP contribution >= 0.6 is 22.7 Å². The fraction of sp³-hybridized carbons (Fsp3) is 0. The number of nitrogens with zero attached hydrogens (tertiary/aromatic N) is 1. The molecule has 3 heterocycles. The van der Waals surface area contributed by atoms with Crippen molar-refractivity contribution < 1.29 is 4.42 Å². The topological polar surface area (TPSA) is 16.4 Å². The Morgan fingerprint density at radius 1 is 0.345 bits per heavy atom. The predicted molar refractivity (Wildman–Crippen MR) is 250 cm³/mol. The average molecular weight is 776 g/mol. The summed E-state index contributed by atoms with van der Waals surface area (Å²) < 4.78 is 11.9. The number of para-hydroxylation sites is 1. The Bertz CT molecular complexity index is 3510. The van der Waals surface area contributed by atoms with Gasteiger partial charge in [-0.05, 0) is 94.5 Å². The summed E-state index contributed by atoms with van der Waals surface area (Å²) >= 11 is 3.72. The summed E-state index contributed by atoms with van der Waals surface area (Å²) in [6.45, 7) is 0. The van der Waals surface area contributed by atoms with Gasteiger partial charge in [0.05, 0.1) is 16.8 Å². The molecule has 0 amide bonds. The van der Waals surface area contributed by atoms with Gasteiger partial charge in [-0.1, -0.05) is 133 Å². The Labute approximate surface area is 343 Å². The lowest BCUT2D eigenvalue weighted by Gasteiger charge is -2.28. The smallest absolute Gasteiger partial charge is 0.145 e. The summed E-state index contributed by atoms with van der Waals surface area (Å²) in [5, 5.41) is 7.24. The standard InChI is InChI=1S/C54H33NOS2/c1-4-15-34(16-5-1)37-31-42(36-19-8-3-9-20-36)51-43-33-38(27-30-48(43)58-50(51)32-37)55(44-23-14-26-49-52(44)41-22-11-13-25-47(41)57-49)45-29-28-39(35-17-6-2-7-18-35)54-53(45)40-21-10-12-24-46(40)56-54/h1-33H. The second-order valence-electron chi connectivity index (χ2n) is 14.8. The third kappa shape index (κ3) is 5.23. The van der Waals surface area contributed by atoms with Crippen LogP contribution in [-0.4, -0.2) is 0 Å². The van der Waals surface area contributed by atoms with Crippen molar-refractivity contribution in [1.29, 1.82) is 0 Å². The van der Waals surface area contributed by atoms with E-state index in [0.29, 0.717) is 0 Å². The zero-order chi connectivity index (χ0) is 38.2. The van der Waals surface area contributed by atoms with Gasteiger partial charge in [-0.3, -0.25) is 0 Å². The second kappa shape index (κ2) is 13.3. The summed E-state index contributed by atoms with van der Waals surface area (Å²) in [6, 6.07) is 72.6. The van der Waals surface area contributed by atoms with Crippen molar-refractivity contribution in [2.75, 3.05) is 4.90 Å². The molecule has 58 heavy (non-hydrogen) atoms. The fourth-order valence-electron chi connectivity index (χ4n) is 8.87. The number of thiophene rings is 2. The zero-order valence-electron chi connectivity index (χ0n) is 31.2. The molecule has 272 valence electrons. The highest BCUT2D eigenvalue weighted by Gasteiger charge is 2.25. The van der Waals surface area contributed by atoms with Crippen LogP contribution < -0.4 is 4.90 Å². The molecule has 0 saturated heterocycles. The van der Waals surface area contributed by atoms with E-state index in [0.717, 1.165) is 50.1 Å². The maximum Gasteiger partial charge on any atom is 0.145 e. The first-order valence-corrected chi connectivity index (χ1v) is 21.2. The molecule has 9 aromatic carbocycles. The number of rotatable bonds is 6. The molecule has 12 aromatic rings. The monoisotopic (exact) mass is 775 g/mol. The molecule has 12 rings (SSSR count). The quantitative estimate of drug-likeness (QED) is 0.167. The molecule has 0 radical (unpaired) electrons. The molecular formula is C54H33NOS2. The minimum absolute atomic E-state index is 0.877. The Morgan fingerprint density at radius 3 is 1.76 bits per heavy atom. The van der Waals surface area contributed by atoms with Gasteiger partial charge >= 0.3 is 0 Å². The maximum absolute atomic E-state index is 6.85. The number of fused-ring (bicyclic) bond motifs is 9. The Kier molecular flexibility index (Phi) is 7.62. The van der Waals surface area contributed by atoms with Gasteiger partial charge in [0, 0.05) is 57.0 Å². The van der Waals surface area contributed by atoms with Crippen LogP contribution in [0.3, 0.4) is 0 Å². The van der Waals surface area contributed by atoms with Gasteiger partial charge in [0.1, 0.15) is 11.2 Å². The van der Waals surface area contributed by atoms with Gasteiger partial charge in [-0.15, -0.1) is 22.7 Å².